The highest BCUT2D eigenvalue weighted by Gasteiger charge is 2.36. The fourth-order valence-electron chi connectivity index (χ4n) is 4.13. The van der Waals surface area contributed by atoms with Gasteiger partial charge in [0.1, 0.15) is 17.9 Å². The number of nitrogens with zero attached hydrogens (tertiary/aromatic N) is 6. The van der Waals surface area contributed by atoms with Crippen LogP contribution in [0.4, 0.5) is 11.5 Å². The van der Waals surface area contributed by atoms with Gasteiger partial charge in [0.15, 0.2) is 5.65 Å². The molecule has 0 saturated carbocycles. The van der Waals surface area contributed by atoms with Gasteiger partial charge < -0.3 is 14.5 Å². The van der Waals surface area contributed by atoms with E-state index in [9.17, 15) is 0 Å². The van der Waals surface area contributed by atoms with Gasteiger partial charge in [0.25, 0.3) is 0 Å². The van der Waals surface area contributed by atoms with Crippen molar-refractivity contribution in [2.24, 2.45) is 7.05 Å². The SMILES string of the molecule is COc1ccccc1N1CCN(c2ncnc3c2c(C)nn3C)CC1(C)C. The highest BCUT2D eigenvalue weighted by Crippen LogP contribution is 2.36. The summed E-state index contributed by atoms with van der Waals surface area (Å²) in [7, 11) is 3.65. The molecular formula is C20H26N6O. The lowest BCUT2D eigenvalue weighted by Gasteiger charge is -2.49. The Bertz CT molecular complexity index is 980. The van der Waals surface area contributed by atoms with Crippen LogP contribution in [0.15, 0.2) is 30.6 Å². The second-order valence-corrected chi connectivity index (χ2v) is 7.66. The summed E-state index contributed by atoms with van der Waals surface area (Å²) in [4.78, 5) is 13.8. The van der Waals surface area contributed by atoms with Crippen LogP contribution in [0.2, 0.25) is 0 Å². The van der Waals surface area contributed by atoms with Gasteiger partial charge in [0.05, 0.1) is 29.4 Å². The Morgan fingerprint density at radius 3 is 2.63 bits per heavy atom. The molecule has 2 aromatic heterocycles. The number of aryl methyl sites for hydroxylation is 2. The number of methoxy groups -OCH3 is 1. The summed E-state index contributed by atoms with van der Waals surface area (Å²) in [5.41, 5.74) is 2.89. The van der Waals surface area contributed by atoms with E-state index in [1.54, 1.807) is 13.4 Å². The Morgan fingerprint density at radius 2 is 1.89 bits per heavy atom. The Balaban J connectivity index is 1.69. The quantitative estimate of drug-likeness (QED) is 0.710. The number of hydrogen-bond donors (Lipinski definition) is 0. The van der Waals surface area contributed by atoms with Crippen LogP contribution in [0, 0.1) is 6.92 Å². The molecule has 0 unspecified atom stereocenters. The zero-order valence-corrected chi connectivity index (χ0v) is 16.6. The zero-order chi connectivity index (χ0) is 19.2. The third-order valence-electron chi connectivity index (χ3n) is 5.35. The molecule has 1 fully saturated rings. The molecule has 7 heteroatoms. The van der Waals surface area contributed by atoms with Gasteiger partial charge >= 0.3 is 0 Å². The van der Waals surface area contributed by atoms with E-state index in [1.165, 1.54) is 0 Å². The van der Waals surface area contributed by atoms with Crippen molar-refractivity contribution in [1.82, 2.24) is 19.7 Å². The van der Waals surface area contributed by atoms with Crippen molar-refractivity contribution >= 4 is 22.5 Å². The van der Waals surface area contributed by atoms with Crippen molar-refractivity contribution in [2.45, 2.75) is 26.3 Å². The number of hydrogen-bond acceptors (Lipinski definition) is 6. The maximum absolute atomic E-state index is 5.59. The van der Waals surface area contributed by atoms with E-state index >= 15 is 0 Å². The van der Waals surface area contributed by atoms with Crippen molar-refractivity contribution in [1.29, 1.82) is 0 Å². The zero-order valence-electron chi connectivity index (χ0n) is 16.6. The molecule has 0 bridgehead atoms. The molecule has 4 rings (SSSR count). The lowest BCUT2D eigenvalue weighted by molar-refractivity contribution is 0.388. The molecule has 27 heavy (non-hydrogen) atoms. The monoisotopic (exact) mass is 366 g/mol. The average Bonchev–Trinajstić information content (AvgIpc) is 2.95. The molecule has 1 aliphatic rings. The summed E-state index contributed by atoms with van der Waals surface area (Å²) in [6, 6.07) is 8.22. The van der Waals surface area contributed by atoms with E-state index in [0.29, 0.717) is 0 Å². The van der Waals surface area contributed by atoms with Crippen molar-refractivity contribution < 1.29 is 4.74 Å². The van der Waals surface area contributed by atoms with E-state index in [1.807, 2.05) is 30.8 Å². The average molecular weight is 366 g/mol. The molecule has 142 valence electrons. The number of aromatic nitrogens is 4. The topological polar surface area (TPSA) is 59.3 Å². The molecule has 3 heterocycles. The predicted octanol–water partition coefficient (Wildman–Crippen LogP) is 2.79. The van der Waals surface area contributed by atoms with Gasteiger partial charge in [-0.3, -0.25) is 4.68 Å². The highest BCUT2D eigenvalue weighted by atomic mass is 16.5. The largest absolute Gasteiger partial charge is 0.495 e. The van der Waals surface area contributed by atoms with Gasteiger partial charge in [0.2, 0.25) is 0 Å². The predicted molar refractivity (Wildman–Crippen MR) is 108 cm³/mol. The second-order valence-electron chi connectivity index (χ2n) is 7.66. The van der Waals surface area contributed by atoms with Crippen LogP contribution < -0.4 is 14.5 Å². The third-order valence-corrected chi connectivity index (χ3v) is 5.35. The summed E-state index contributed by atoms with van der Waals surface area (Å²) >= 11 is 0. The summed E-state index contributed by atoms with van der Waals surface area (Å²) in [6.45, 7) is 9.16. The summed E-state index contributed by atoms with van der Waals surface area (Å²) in [6.07, 6.45) is 1.64. The molecule has 0 amide bonds. The molecule has 1 aliphatic heterocycles. The fraction of sp³-hybridized carbons (Fsp3) is 0.450. The molecule has 7 nitrogen and oxygen atoms in total. The standard InChI is InChI=1S/C20H26N6O/c1-14-17-18(24(4)23-14)21-13-22-19(17)25-10-11-26(20(2,3)12-25)15-8-6-7-9-16(15)27-5/h6-9,13H,10-12H2,1-5H3. The van der Waals surface area contributed by atoms with Gasteiger partial charge in [-0.1, -0.05) is 12.1 Å². The van der Waals surface area contributed by atoms with Crippen LogP contribution in [-0.2, 0) is 7.05 Å². The first-order valence-corrected chi connectivity index (χ1v) is 9.22. The van der Waals surface area contributed by atoms with Gasteiger partial charge in [-0.2, -0.15) is 5.10 Å². The molecule has 0 atom stereocenters. The smallest absolute Gasteiger partial charge is 0.163 e. The minimum atomic E-state index is -0.0831. The third kappa shape index (κ3) is 2.87. The number of benzene rings is 1. The summed E-state index contributed by atoms with van der Waals surface area (Å²) < 4.78 is 7.42. The number of piperazine rings is 1. The molecule has 3 aromatic rings. The Labute approximate surface area is 159 Å². The number of para-hydroxylation sites is 2. The van der Waals surface area contributed by atoms with E-state index in [2.05, 4.69) is 50.8 Å². The van der Waals surface area contributed by atoms with Crippen LogP contribution in [-0.4, -0.2) is 52.0 Å². The van der Waals surface area contributed by atoms with Gasteiger partial charge in [0, 0.05) is 26.7 Å². The molecule has 1 aromatic carbocycles. The van der Waals surface area contributed by atoms with Crippen LogP contribution in [0.25, 0.3) is 11.0 Å². The second kappa shape index (κ2) is 6.40. The van der Waals surface area contributed by atoms with E-state index in [0.717, 1.165) is 53.6 Å². The number of fused-ring (bicyclic) bond motifs is 1. The van der Waals surface area contributed by atoms with Gasteiger partial charge in [-0.25, -0.2) is 9.97 Å². The van der Waals surface area contributed by atoms with Crippen LogP contribution >= 0.6 is 0 Å². The first-order valence-electron chi connectivity index (χ1n) is 9.22. The van der Waals surface area contributed by atoms with E-state index in [4.69, 9.17) is 4.74 Å². The van der Waals surface area contributed by atoms with Crippen LogP contribution in [0.5, 0.6) is 5.75 Å². The van der Waals surface area contributed by atoms with Gasteiger partial charge in [-0.15, -0.1) is 0 Å². The molecule has 0 N–H and O–H groups in total. The van der Waals surface area contributed by atoms with Gasteiger partial charge in [-0.05, 0) is 32.9 Å². The molecule has 0 aliphatic carbocycles. The minimum Gasteiger partial charge on any atom is -0.495 e. The maximum Gasteiger partial charge on any atom is 0.163 e. The Kier molecular flexibility index (Phi) is 4.17. The van der Waals surface area contributed by atoms with Crippen molar-refractivity contribution in [3.8, 4) is 5.75 Å². The molecule has 1 saturated heterocycles. The summed E-state index contributed by atoms with van der Waals surface area (Å²) in [5, 5.41) is 5.57. The first kappa shape index (κ1) is 17.6. The van der Waals surface area contributed by atoms with Crippen molar-refractivity contribution in [3.05, 3.63) is 36.3 Å². The minimum absolute atomic E-state index is 0.0831. The molecule has 0 radical (unpaired) electrons. The first-order chi connectivity index (χ1) is 12.9. The summed E-state index contributed by atoms with van der Waals surface area (Å²) in [5.74, 6) is 1.88. The fourth-order valence-corrected chi connectivity index (χ4v) is 4.13. The number of ether oxygens (including phenoxy) is 1. The van der Waals surface area contributed by atoms with Crippen LogP contribution in [0.1, 0.15) is 19.5 Å². The van der Waals surface area contributed by atoms with E-state index in [-0.39, 0.29) is 5.54 Å². The molecule has 0 spiro atoms. The van der Waals surface area contributed by atoms with Crippen LogP contribution in [0.3, 0.4) is 0 Å². The number of anilines is 2. The maximum atomic E-state index is 5.59. The Morgan fingerprint density at radius 1 is 1.11 bits per heavy atom. The highest BCUT2D eigenvalue weighted by molar-refractivity contribution is 5.89. The van der Waals surface area contributed by atoms with Crippen molar-refractivity contribution in [3.63, 3.8) is 0 Å². The lowest BCUT2D eigenvalue weighted by Crippen LogP contribution is -2.60. The Hall–Kier alpha value is -2.83. The lowest BCUT2D eigenvalue weighted by atomic mass is 9.97. The number of rotatable bonds is 3. The molecular weight excluding hydrogens is 340 g/mol. The normalized spacial score (nSPS) is 16.8. The van der Waals surface area contributed by atoms with Crippen molar-refractivity contribution in [2.75, 3.05) is 36.5 Å². The van der Waals surface area contributed by atoms with E-state index < -0.39 is 0 Å².